The summed E-state index contributed by atoms with van der Waals surface area (Å²) in [6.07, 6.45) is 1.69. The molecule has 0 aliphatic carbocycles. The molecule has 17 heavy (non-hydrogen) atoms. The van der Waals surface area contributed by atoms with E-state index in [1.807, 2.05) is 24.6 Å². The Balaban J connectivity index is 1.97. The first-order chi connectivity index (χ1) is 8.08. The van der Waals surface area contributed by atoms with Crippen molar-refractivity contribution in [2.24, 2.45) is 7.05 Å². The average molecular weight is 364 g/mol. The molecule has 0 saturated carbocycles. The highest BCUT2D eigenvalue weighted by Crippen LogP contribution is 2.26. The van der Waals surface area contributed by atoms with Gasteiger partial charge in [-0.1, -0.05) is 0 Å². The van der Waals surface area contributed by atoms with Crippen molar-refractivity contribution in [1.29, 1.82) is 0 Å². The molecule has 1 unspecified atom stereocenters. The summed E-state index contributed by atoms with van der Waals surface area (Å²) in [4.78, 5) is 0. The smallest absolute Gasteiger partial charge is 0.183 e. The molecule has 0 amide bonds. The van der Waals surface area contributed by atoms with Crippen LogP contribution in [0.1, 0.15) is 24.6 Å². The van der Waals surface area contributed by atoms with E-state index in [0.29, 0.717) is 11.2 Å². The van der Waals surface area contributed by atoms with Crippen LogP contribution in [-0.4, -0.2) is 14.8 Å². The molecule has 0 radical (unpaired) electrons. The maximum absolute atomic E-state index is 5.48. The van der Waals surface area contributed by atoms with Crippen molar-refractivity contribution in [2.45, 2.75) is 19.5 Å². The van der Waals surface area contributed by atoms with Crippen molar-refractivity contribution in [3.8, 4) is 0 Å². The summed E-state index contributed by atoms with van der Waals surface area (Å²) in [5.41, 5.74) is 0. The Morgan fingerprint density at radius 3 is 2.82 bits per heavy atom. The van der Waals surface area contributed by atoms with E-state index >= 15 is 0 Å². The van der Waals surface area contributed by atoms with Crippen LogP contribution < -0.4 is 5.32 Å². The highest BCUT2D eigenvalue weighted by atomic mass is 79.9. The number of nitrogens with one attached hydrogen (secondary N) is 1. The lowest BCUT2D eigenvalue weighted by Crippen LogP contribution is -2.20. The molecule has 0 spiro atoms. The van der Waals surface area contributed by atoms with Crippen molar-refractivity contribution in [1.82, 2.24) is 20.1 Å². The zero-order chi connectivity index (χ0) is 12.4. The lowest BCUT2D eigenvalue weighted by molar-refractivity contribution is 0.436. The molecule has 0 aliphatic rings. The molecule has 0 bridgehead atoms. The maximum Gasteiger partial charge on any atom is 0.183 e. The Labute approximate surface area is 116 Å². The molecule has 0 saturated heterocycles. The molecule has 5 nitrogen and oxygen atoms in total. The summed E-state index contributed by atoms with van der Waals surface area (Å²) >= 11 is 6.68. The summed E-state index contributed by atoms with van der Waals surface area (Å²) in [5, 5.41) is 11.2. The second kappa shape index (κ2) is 5.32. The molecule has 1 N–H and O–H groups in total. The molecule has 0 aliphatic heterocycles. The summed E-state index contributed by atoms with van der Waals surface area (Å²) in [6, 6.07) is 2.05. The fourth-order valence-electron chi connectivity index (χ4n) is 1.51. The van der Waals surface area contributed by atoms with Crippen molar-refractivity contribution in [3.63, 3.8) is 0 Å². The van der Waals surface area contributed by atoms with E-state index < -0.39 is 0 Å². The van der Waals surface area contributed by atoms with Gasteiger partial charge in [-0.2, -0.15) is 0 Å². The van der Waals surface area contributed by atoms with Crippen LogP contribution in [0.3, 0.4) is 0 Å². The Kier molecular flexibility index (Phi) is 4.01. The Hall–Kier alpha value is -0.660. The molecule has 0 fully saturated rings. The van der Waals surface area contributed by atoms with Gasteiger partial charge in [-0.15, -0.1) is 10.2 Å². The van der Waals surface area contributed by atoms with Crippen LogP contribution in [-0.2, 0) is 13.6 Å². The molecule has 2 aromatic rings. The zero-order valence-corrected chi connectivity index (χ0v) is 12.6. The van der Waals surface area contributed by atoms with Crippen LogP contribution in [0, 0.1) is 0 Å². The van der Waals surface area contributed by atoms with Crippen molar-refractivity contribution >= 4 is 31.9 Å². The van der Waals surface area contributed by atoms with Crippen molar-refractivity contribution in [3.05, 3.63) is 33.1 Å². The summed E-state index contributed by atoms with van der Waals surface area (Å²) in [6.45, 7) is 2.68. The van der Waals surface area contributed by atoms with Crippen LogP contribution in [0.25, 0.3) is 0 Å². The van der Waals surface area contributed by atoms with Gasteiger partial charge in [0.05, 0.1) is 17.1 Å². The van der Waals surface area contributed by atoms with Crippen LogP contribution >= 0.6 is 31.9 Å². The average Bonchev–Trinajstić information content (AvgIpc) is 2.83. The number of halogens is 2. The Bertz CT molecular complexity index is 489. The van der Waals surface area contributed by atoms with E-state index in [-0.39, 0.29) is 6.04 Å². The number of aromatic nitrogens is 3. The standard InChI is InChI=1S/C10H12Br2N4O/c1-6(10-15-14-5-16(10)2)13-4-7-3-8(11)9(12)17-7/h3,5-6,13H,4H2,1-2H3. The predicted molar refractivity (Wildman–Crippen MR) is 70.4 cm³/mol. The number of hydrogen-bond acceptors (Lipinski definition) is 4. The first-order valence-electron chi connectivity index (χ1n) is 5.09. The fraction of sp³-hybridized carbons (Fsp3) is 0.400. The first kappa shape index (κ1) is 12.8. The van der Waals surface area contributed by atoms with Gasteiger partial charge in [0, 0.05) is 7.05 Å². The number of nitrogens with zero attached hydrogens (tertiary/aromatic N) is 3. The van der Waals surface area contributed by atoms with E-state index in [4.69, 9.17) is 4.42 Å². The van der Waals surface area contributed by atoms with Gasteiger partial charge in [-0.3, -0.25) is 0 Å². The lowest BCUT2D eigenvalue weighted by Gasteiger charge is -2.11. The number of rotatable bonds is 4. The van der Waals surface area contributed by atoms with Crippen molar-refractivity contribution < 1.29 is 4.42 Å². The van der Waals surface area contributed by atoms with Gasteiger partial charge in [0.15, 0.2) is 4.67 Å². The Morgan fingerprint density at radius 1 is 1.53 bits per heavy atom. The third-order valence-corrected chi connectivity index (χ3v) is 4.12. The van der Waals surface area contributed by atoms with E-state index in [9.17, 15) is 0 Å². The molecule has 7 heteroatoms. The largest absolute Gasteiger partial charge is 0.452 e. The minimum absolute atomic E-state index is 0.116. The van der Waals surface area contributed by atoms with Crippen LogP contribution in [0.2, 0.25) is 0 Å². The van der Waals surface area contributed by atoms with Gasteiger partial charge in [-0.05, 0) is 44.8 Å². The highest BCUT2D eigenvalue weighted by molar-refractivity contribution is 9.13. The van der Waals surface area contributed by atoms with Gasteiger partial charge >= 0.3 is 0 Å². The molecular weight excluding hydrogens is 352 g/mol. The molecule has 2 rings (SSSR count). The van der Waals surface area contributed by atoms with E-state index in [0.717, 1.165) is 16.1 Å². The summed E-state index contributed by atoms with van der Waals surface area (Å²) < 4.78 is 9.00. The highest BCUT2D eigenvalue weighted by Gasteiger charge is 2.12. The SMILES string of the molecule is CC(NCc1cc(Br)c(Br)o1)c1nncn1C. The van der Waals surface area contributed by atoms with E-state index in [1.165, 1.54) is 0 Å². The molecule has 92 valence electrons. The zero-order valence-electron chi connectivity index (χ0n) is 9.44. The van der Waals surface area contributed by atoms with Gasteiger partial charge in [0.25, 0.3) is 0 Å². The van der Waals surface area contributed by atoms with Gasteiger partial charge in [-0.25, -0.2) is 0 Å². The second-order valence-electron chi connectivity index (χ2n) is 3.74. The van der Waals surface area contributed by atoms with Crippen molar-refractivity contribution in [2.75, 3.05) is 0 Å². The molecular formula is C10H12Br2N4O. The minimum atomic E-state index is 0.116. The van der Waals surface area contributed by atoms with Crippen LogP contribution in [0.15, 0.2) is 26.0 Å². The summed E-state index contributed by atoms with van der Waals surface area (Å²) in [7, 11) is 1.92. The third kappa shape index (κ3) is 2.97. The minimum Gasteiger partial charge on any atom is -0.452 e. The molecule has 2 aromatic heterocycles. The monoisotopic (exact) mass is 362 g/mol. The number of furan rings is 1. The number of aryl methyl sites for hydroxylation is 1. The third-order valence-electron chi connectivity index (χ3n) is 2.41. The predicted octanol–water partition coefficient (Wildman–Crippen LogP) is 2.78. The number of hydrogen-bond donors (Lipinski definition) is 1. The lowest BCUT2D eigenvalue weighted by atomic mass is 10.3. The van der Waals surface area contributed by atoms with Crippen LogP contribution in [0.5, 0.6) is 0 Å². The van der Waals surface area contributed by atoms with Gasteiger partial charge in [0.2, 0.25) is 0 Å². The van der Waals surface area contributed by atoms with Gasteiger partial charge < -0.3 is 14.3 Å². The topological polar surface area (TPSA) is 55.9 Å². The normalized spacial score (nSPS) is 12.9. The quantitative estimate of drug-likeness (QED) is 0.907. The fourth-order valence-corrected chi connectivity index (χ4v) is 2.17. The van der Waals surface area contributed by atoms with E-state index in [2.05, 4.69) is 47.4 Å². The summed E-state index contributed by atoms with van der Waals surface area (Å²) in [5.74, 6) is 1.76. The molecule has 2 heterocycles. The maximum atomic E-state index is 5.48. The molecule has 0 aromatic carbocycles. The van der Waals surface area contributed by atoms with Crippen LogP contribution in [0.4, 0.5) is 0 Å². The van der Waals surface area contributed by atoms with Gasteiger partial charge in [0.1, 0.15) is 17.9 Å². The Morgan fingerprint density at radius 2 is 2.29 bits per heavy atom. The second-order valence-corrected chi connectivity index (χ2v) is 5.31. The first-order valence-corrected chi connectivity index (χ1v) is 6.67. The van der Waals surface area contributed by atoms with E-state index in [1.54, 1.807) is 6.33 Å². The molecule has 1 atom stereocenters.